The maximum absolute atomic E-state index is 11.9. The molecule has 1 N–H and O–H groups in total. The molecule has 0 aliphatic heterocycles. The molecule has 6 heteroatoms. The zero-order valence-corrected chi connectivity index (χ0v) is 9.44. The van der Waals surface area contributed by atoms with Gasteiger partial charge in [-0.05, 0) is 24.7 Å². The standard InChI is InChI=1S/C11H13F2NO3/c1-14-9(10(15)16-2)7-3-5-8(6-4-7)17-11(12)13/h3-6,9,11,14H,1-2H3. The molecule has 0 saturated carbocycles. The summed E-state index contributed by atoms with van der Waals surface area (Å²) in [7, 11) is 2.88. The molecule has 0 aliphatic carbocycles. The van der Waals surface area contributed by atoms with Crippen molar-refractivity contribution in [3.8, 4) is 5.75 Å². The van der Waals surface area contributed by atoms with Crippen molar-refractivity contribution in [2.24, 2.45) is 0 Å². The molecule has 0 radical (unpaired) electrons. The molecule has 1 aromatic carbocycles. The average molecular weight is 245 g/mol. The van der Waals surface area contributed by atoms with Crippen LogP contribution in [-0.4, -0.2) is 26.7 Å². The van der Waals surface area contributed by atoms with Crippen molar-refractivity contribution in [3.05, 3.63) is 29.8 Å². The Labute approximate surface area is 97.5 Å². The second-order valence-corrected chi connectivity index (χ2v) is 3.19. The van der Waals surface area contributed by atoms with Gasteiger partial charge in [-0.2, -0.15) is 8.78 Å². The van der Waals surface area contributed by atoms with Crippen LogP contribution in [0.2, 0.25) is 0 Å². The molecule has 0 aromatic heterocycles. The van der Waals surface area contributed by atoms with Crippen LogP contribution in [0, 0.1) is 0 Å². The molecule has 1 rings (SSSR count). The molecular weight excluding hydrogens is 232 g/mol. The van der Waals surface area contributed by atoms with Gasteiger partial charge in [0.1, 0.15) is 11.8 Å². The normalized spacial score (nSPS) is 12.3. The molecule has 94 valence electrons. The number of carbonyl (C=O) groups is 1. The minimum Gasteiger partial charge on any atom is -0.468 e. The highest BCUT2D eigenvalue weighted by atomic mass is 19.3. The molecule has 0 fully saturated rings. The van der Waals surface area contributed by atoms with E-state index < -0.39 is 18.6 Å². The lowest BCUT2D eigenvalue weighted by Crippen LogP contribution is -2.26. The van der Waals surface area contributed by atoms with Gasteiger partial charge < -0.3 is 14.8 Å². The van der Waals surface area contributed by atoms with Crippen LogP contribution >= 0.6 is 0 Å². The van der Waals surface area contributed by atoms with Gasteiger partial charge in [-0.3, -0.25) is 0 Å². The third kappa shape index (κ3) is 3.67. The van der Waals surface area contributed by atoms with E-state index in [-0.39, 0.29) is 5.75 Å². The highest BCUT2D eigenvalue weighted by molar-refractivity contribution is 5.77. The predicted octanol–water partition coefficient (Wildman–Crippen LogP) is 1.72. The summed E-state index contributed by atoms with van der Waals surface area (Å²) in [5, 5.41) is 2.77. The van der Waals surface area contributed by atoms with Crippen molar-refractivity contribution in [2.75, 3.05) is 14.2 Å². The zero-order valence-electron chi connectivity index (χ0n) is 9.44. The molecule has 0 spiro atoms. The number of rotatable bonds is 5. The van der Waals surface area contributed by atoms with E-state index in [1.807, 2.05) is 0 Å². The van der Waals surface area contributed by atoms with Gasteiger partial charge in [0.2, 0.25) is 0 Å². The molecular formula is C11H13F2NO3. The smallest absolute Gasteiger partial charge is 0.387 e. The van der Waals surface area contributed by atoms with Crippen LogP contribution in [0.5, 0.6) is 5.75 Å². The number of benzene rings is 1. The second-order valence-electron chi connectivity index (χ2n) is 3.19. The van der Waals surface area contributed by atoms with E-state index in [1.165, 1.54) is 31.4 Å². The van der Waals surface area contributed by atoms with Gasteiger partial charge >= 0.3 is 12.6 Å². The summed E-state index contributed by atoms with van der Waals surface area (Å²) in [5.74, 6) is -0.404. The average Bonchev–Trinajstić information content (AvgIpc) is 2.31. The van der Waals surface area contributed by atoms with Gasteiger partial charge in [0.05, 0.1) is 7.11 Å². The lowest BCUT2D eigenvalue weighted by molar-refractivity contribution is -0.143. The number of esters is 1. The Hall–Kier alpha value is -1.69. The quantitative estimate of drug-likeness (QED) is 0.802. The summed E-state index contributed by atoms with van der Waals surface area (Å²) in [6.07, 6.45) is 0. The third-order valence-corrected chi connectivity index (χ3v) is 2.16. The number of nitrogens with one attached hydrogen (secondary N) is 1. The van der Waals surface area contributed by atoms with E-state index in [0.29, 0.717) is 5.56 Å². The highest BCUT2D eigenvalue weighted by Crippen LogP contribution is 2.19. The number of hydrogen-bond donors (Lipinski definition) is 1. The summed E-state index contributed by atoms with van der Waals surface area (Å²) in [5.41, 5.74) is 0.612. The van der Waals surface area contributed by atoms with Crippen molar-refractivity contribution in [1.29, 1.82) is 0 Å². The van der Waals surface area contributed by atoms with Gasteiger partial charge in [0.25, 0.3) is 0 Å². The van der Waals surface area contributed by atoms with Crippen LogP contribution < -0.4 is 10.1 Å². The summed E-state index contributed by atoms with van der Waals surface area (Å²) < 4.78 is 32.6. The molecule has 0 aliphatic rings. The molecule has 1 aromatic rings. The Bertz CT molecular complexity index is 367. The van der Waals surface area contributed by atoms with Crippen molar-refractivity contribution in [1.82, 2.24) is 5.32 Å². The van der Waals surface area contributed by atoms with Crippen LogP contribution in [0.4, 0.5) is 8.78 Å². The van der Waals surface area contributed by atoms with Crippen LogP contribution in [0.3, 0.4) is 0 Å². The molecule has 0 heterocycles. The van der Waals surface area contributed by atoms with Crippen molar-refractivity contribution < 1.29 is 23.0 Å². The number of methoxy groups -OCH3 is 1. The van der Waals surface area contributed by atoms with Crippen LogP contribution in [-0.2, 0) is 9.53 Å². The van der Waals surface area contributed by atoms with E-state index in [1.54, 1.807) is 7.05 Å². The lowest BCUT2D eigenvalue weighted by atomic mass is 10.1. The van der Waals surface area contributed by atoms with E-state index in [9.17, 15) is 13.6 Å². The van der Waals surface area contributed by atoms with Gasteiger partial charge in [0.15, 0.2) is 0 Å². The minimum atomic E-state index is -2.86. The zero-order chi connectivity index (χ0) is 12.8. The first-order valence-corrected chi connectivity index (χ1v) is 4.88. The monoisotopic (exact) mass is 245 g/mol. The Morgan fingerprint density at radius 2 is 1.88 bits per heavy atom. The van der Waals surface area contributed by atoms with E-state index in [0.717, 1.165) is 0 Å². The Morgan fingerprint density at radius 3 is 2.29 bits per heavy atom. The second kappa shape index (κ2) is 6.15. The fourth-order valence-corrected chi connectivity index (χ4v) is 1.38. The summed E-state index contributed by atoms with van der Waals surface area (Å²) in [6.45, 7) is -2.86. The van der Waals surface area contributed by atoms with Crippen LogP contribution in [0.25, 0.3) is 0 Å². The third-order valence-electron chi connectivity index (χ3n) is 2.16. The molecule has 4 nitrogen and oxygen atoms in total. The molecule has 17 heavy (non-hydrogen) atoms. The van der Waals surface area contributed by atoms with Gasteiger partial charge in [-0.25, -0.2) is 4.79 Å². The molecule has 1 unspecified atom stereocenters. The summed E-state index contributed by atoms with van der Waals surface area (Å²) in [6, 6.07) is 5.16. The highest BCUT2D eigenvalue weighted by Gasteiger charge is 2.19. The largest absolute Gasteiger partial charge is 0.468 e. The molecule has 1 atom stereocenters. The van der Waals surface area contributed by atoms with Gasteiger partial charge in [0, 0.05) is 0 Å². The fourth-order valence-electron chi connectivity index (χ4n) is 1.38. The van der Waals surface area contributed by atoms with Gasteiger partial charge in [-0.15, -0.1) is 0 Å². The van der Waals surface area contributed by atoms with Crippen molar-refractivity contribution in [2.45, 2.75) is 12.7 Å². The van der Waals surface area contributed by atoms with Crippen LogP contribution in [0.15, 0.2) is 24.3 Å². The maximum atomic E-state index is 11.9. The topological polar surface area (TPSA) is 47.6 Å². The first-order valence-electron chi connectivity index (χ1n) is 4.88. The number of halogens is 2. The van der Waals surface area contributed by atoms with Crippen molar-refractivity contribution in [3.63, 3.8) is 0 Å². The number of likely N-dealkylation sites (N-methyl/N-ethyl adjacent to an activating group) is 1. The van der Waals surface area contributed by atoms with Crippen molar-refractivity contribution >= 4 is 5.97 Å². The van der Waals surface area contributed by atoms with E-state index in [2.05, 4.69) is 14.8 Å². The summed E-state index contributed by atoms with van der Waals surface area (Å²) >= 11 is 0. The lowest BCUT2D eigenvalue weighted by Gasteiger charge is -2.14. The summed E-state index contributed by atoms with van der Waals surface area (Å²) in [4.78, 5) is 11.4. The Kier molecular flexibility index (Phi) is 4.84. The molecule has 0 saturated heterocycles. The first-order chi connectivity index (χ1) is 8.08. The van der Waals surface area contributed by atoms with E-state index in [4.69, 9.17) is 0 Å². The number of ether oxygens (including phenoxy) is 2. The number of hydrogen-bond acceptors (Lipinski definition) is 4. The van der Waals surface area contributed by atoms with Gasteiger partial charge in [-0.1, -0.05) is 12.1 Å². The minimum absolute atomic E-state index is 0.0449. The number of alkyl halides is 2. The fraction of sp³-hybridized carbons (Fsp3) is 0.364. The van der Waals surface area contributed by atoms with Crippen LogP contribution in [0.1, 0.15) is 11.6 Å². The predicted molar refractivity (Wildman–Crippen MR) is 56.9 cm³/mol. The SMILES string of the molecule is CNC(C(=O)OC)c1ccc(OC(F)F)cc1. The number of carbonyl (C=O) groups excluding carboxylic acids is 1. The Morgan fingerprint density at radius 1 is 1.29 bits per heavy atom. The maximum Gasteiger partial charge on any atom is 0.387 e. The molecule has 0 amide bonds. The van der Waals surface area contributed by atoms with E-state index >= 15 is 0 Å². The molecule has 0 bridgehead atoms. The first kappa shape index (κ1) is 13.4. The Balaban J connectivity index is 2.81.